The van der Waals surface area contributed by atoms with Gasteiger partial charge in [-0.3, -0.25) is 4.21 Å². The van der Waals surface area contributed by atoms with Crippen LogP contribution in [0.4, 0.5) is 0 Å². The van der Waals surface area contributed by atoms with Gasteiger partial charge in [0.05, 0.1) is 0 Å². The Morgan fingerprint density at radius 3 is 2.70 bits per heavy atom. The average Bonchev–Trinajstić information content (AvgIpc) is 1.84. The molecule has 0 amide bonds. The first kappa shape index (κ1) is 7.92. The molecule has 2 nitrogen and oxygen atoms in total. The fourth-order valence-electron chi connectivity index (χ4n) is 1.02. The summed E-state index contributed by atoms with van der Waals surface area (Å²) >= 11 is 0. The van der Waals surface area contributed by atoms with Crippen LogP contribution in [0.2, 0.25) is 0 Å². The molecule has 2 unspecified atom stereocenters. The molecule has 0 radical (unpaired) electrons. The minimum absolute atomic E-state index is 0.212. The second-order valence-electron chi connectivity index (χ2n) is 2.74. The molecule has 1 saturated heterocycles. The number of carbonyl (C=O) groups excluding carboxylic acids is 1. The second kappa shape index (κ2) is 3.28. The van der Waals surface area contributed by atoms with E-state index < -0.39 is 10.8 Å². The maximum absolute atomic E-state index is 10.8. The Hall–Kier alpha value is -0.180. The Morgan fingerprint density at radius 2 is 2.40 bits per heavy atom. The van der Waals surface area contributed by atoms with E-state index in [1.54, 1.807) is 6.92 Å². The van der Waals surface area contributed by atoms with Crippen LogP contribution in [-0.2, 0) is 15.6 Å². The van der Waals surface area contributed by atoms with E-state index in [0.717, 1.165) is 18.6 Å². The molecule has 10 heavy (non-hydrogen) atoms. The third kappa shape index (κ3) is 1.90. The van der Waals surface area contributed by atoms with Gasteiger partial charge in [-0.05, 0) is 19.8 Å². The van der Waals surface area contributed by atoms with E-state index in [9.17, 15) is 9.00 Å². The summed E-state index contributed by atoms with van der Waals surface area (Å²) in [5.74, 6) is 1.06. The SMILES string of the molecule is CC(=O)CCC1CCS1=O. The molecular formula is C7H12O2S. The van der Waals surface area contributed by atoms with Crippen molar-refractivity contribution >= 4 is 16.6 Å². The van der Waals surface area contributed by atoms with Gasteiger partial charge in [0.2, 0.25) is 0 Å². The lowest BCUT2D eigenvalue weighted by atomic mass is 10.1. The molecule has 0 aromatic carbocycles. The summed E-state index contributed by atoms with van der Waals surface area (Å²) in [4.78, 5) is 10.5. The van der Waals surface area contributed by atoms with Crippen molar-refractivity contribution in [2.24, 2.45) is 0 Å². The summed E-state index contributed by atoms with van der Waals surface area (Å²) in [6.07, 6.45) is 2.50. The van der Waals surface area contributed by atoms with Crippen molar-refractivity contribution in [3.8, 4) is 0 Å². The maximum Gasteiger partial charge on any atom is 0.129 e. The first-order valence-corrected chi connectivity index (χ1v) is 4.95. The van der Waals surface area contributed by atoms with Crippen LogP contribution in [-0.4, -0.2) is 21.0 Å². The number of Topliss-reactive ketones (excluding diaryl/α,β-unsaturated/α-hetero) is 1. The highest BCUT2D eigenvalue weighted by molar-refractivity contribution is 7.87. The third-order valence-corrected chi connectivity index (χ3v) is 3.68. The van der Waals surface area contributed by atoms with Gasteiger partial charge in [0, 0.05) is 28.2 Å². The summed E-state index contributed by atoms with van der Waals surface area (Å²) in [5.41, 5.74) is 0. The van der Waals surface area contributed by atoms with Crippen LogP contribution >= 0.6 is 0 Å². The molecule has 1 rings (SSSR count). The summed E-state index contributed by atoms with van der Waals surface area (Å²) in [6.45, 7) is 1.58. The van der Waals surface area contributed by atoms with Crippen LogP contribution in [0.1, 0.15) is 26.2 Å². The number of carbonyl (C=O) groups is 1. The van der Waals surface area contributed by atoms with Crippen LogP contribution in [0.3, 0.4) is 0 Å². The predicted octanol–water partition coefficient (Wildman–Crippen LogP) is 0.877. The summed E-state index contributed by atoms with van der Waals surface area (Å²) in [5, 5.41) is 0.337. The predicted molar refractivity (Wildman–Crippen MR) is 41.3 cm³/mol. The van der Waals surface area contributed by atoms with E-state index in [-0.39, 0.29) is 5.78 Å². The molecule has 2 atom stereocenters. The van der Waals surface area contributed by atoms with E-state index in [1.165, 1.54) is 0 Å². The highest BCUT2D eigenvalue weighted by atomic mass is 32.2. The van der Waals surface area contributed by atoms with Crippen molar-refractivity contribution in [2.45, 2.75) is 31.4 Å². The molecule has 3 heteroatoms. The van der Waals surface area contributed by atoms with Gasteiger partial charge in [0.1, 0.15) is 5.78 Å². The molecule has 0 aliphatic carbocycles. The minimum atomic E-state index is -0.598. The lowest BCUT2D eigenvalue weighted by Crippen LogP contribution is -2.30. The Kier molecular flexibility index (Phi) is 2.60. The topological polar surface area (TPSA) is 34.1 Å². The summed E-state index contributed by atoms with van der Waals surface area (Å²) in [7, 11) is -0.598. The largest absolute Gasteiger partial charge is 0.300 e. The molecule has 1 fully saturated rings. The van der Waals surface area contributed by atoms with E-state index in [4.69, 9.17) is 0 Å². The second-order valence-corrected chi connectivity index (χ2v) is 4.57. The van der Waals surface area contributed by atoms with Crippen molar-refractivity contribution in [3.63, 3.8) is 0 Å². The van der Waals surface area contributed by atoms with Crippen LogP contribution in [0.15, 0.2) is 0 Å². The lowest BCUT2D eigenvalue weighted by Gasteiger charge is -2.23. The maximum atomic E-state index is 10.8. The highest BCUT2D eigenvalue weighted by Gasteiger charge is 2.25. The van der Waals surface area contributed by atoms with Crippen molar-refractivity contribution < 1.29 is 9.00 Å². The molecular weight excluding hydrogens is 148 g/mol. The normalized spacial score (nSPS) is 31.3. The fraction of sp³-hybridized carbons (Fsp3) is 0.857. The van der Waals surface area contributed by atoms with Gasteiger partial charge in [-0.2, -0.15) is 0 Å². The first-order valence-electron chi connectivity index (χ1n) is 3.57. The van der Waals surface area contributed by atoms with Crippen molar-refractivity contribution in [1.82, 2.24) is 0 Å². The van der Waals surface area contributed by atoms with Gasteiger partial charge in [0.25, 0.3) is 0 Å². The third-order valence-electron chi connectivity index (χ3n) is 1.83. The Bertz CT molecular complexity index is 165. The smallest absolute Gasteiger partial charge is 0.129 e. The van der Waals surface area contributed by atoms with E-state index >= 15 is 0 Å². The zero-order valence-corrected chi connectivity index (χ0v) is 6.95. The van der Waals surface area contributed by atoms with Crippen LogP contribution in [0, 0.1) is 0 Å². The molecule has 1 aliphatic heterocycles. The average molecular weight is 160 g/mol. The molecule has 1 aliphatic rings. The molecule has 1 heterocycles. The van der Waals surface area contributed by atoms with Gasteiger partial charge in [-0.15, -0.1) is 0 Å². The number of ketones is 1. The van der Waals surface area contributed by atoms with Gasteiger partial charge in [0.15, 0.2) is 0 Å². The monoisotopic (exact) mass is 160 g/mol. The van der Waals surface area contributed by atoms with Crippen molar-refractivity contribution in [3.05, 3.63) is 0 Å². The first-order chi connectivity index (χ1) is 4.70. The highest BCUT2D eigenvalue weighted by Crippen LogP contribution is 2.20. The van der Waals surface area contributed by atoms with Crippen LogP contribution in [0.25, 0.3) is 0 Å². The van der Waals surface area contributed by atoms with Gasteiger partial charge >= 0.3 is 0 Å². The van der Waals surface area contributed by atoms with E-state index in [2.05, 4.69) is 0 Å². The Labute approximate surface area is 63.5 Å². The minimum Gasteiger partial charge on any atom is -0.300 e. The zero-order valence-electron chi connectivity index (χ0n) is 6.13. The summed E-state index contributed by atoms with van der Waals surface area (Å²) < 4.78 is 10.8. The quantitative estimate of drug-likeness (QED) is 0.614. The van der Waals surface area contributed by atoms with E-state index in [0.29, 0.717) is 11.7 Å². The molecule has 0 aromatic heterocycles. The standard InChI is InChI=1S/C7H12O2S/c1-6(8)2-3-7-4-5-10(7)9/h7H,2-5H2,1H3. The molecule has 0 aromatic rings. The van der Waals surface area contributed by atoms with Gasteiger partial charge in [-0.25, -0.2) is 0 Å². The van der Waals surface area contributed by atoms with E-state index in [1.807, 2.05) is 0 Å². The molecule has 0 saturated carbocycles. The van der Waals surface area contributed by atoms with Crippen molar-refractivity contribution in [2.75, 3.05) is 5.75 Å². The molecule has 58 valence electrons. The fourth-order valence-corrected chi connectivity index (χ4v) is 2.16. The lowest BCUT2D eigenvalue weighted by molar-refractivity contribution is -0.117. The van der Waals surface area contributed by atoms with Gasteiger partial charge < -0.3 is 4.79 Å². The van der Waals surface area contributed by atoms with Crippen molar-refractivity contribution in [1.29, 1.82) is 0 Å². The Balaban J connectivity index is 2.14. The van der Waals surface area contributed by atoms with Crippen LogP contribution in [0.5, 0.6) is 0 Å². The summed E-state index contributed by atoms with van der Waals surface area (Å²) in [6, 6.07) is 0. The van der Waals surface area contributed by atoms with Gasteiger partial charge in [-0.1, -0.05) is 0 Å². The number of hydrogen-bond acceptors (Lipinski definition) is 2. The zero-order chi connectivity index (χ0) is 7.56. The molecule has 0 spiro atoms. The molecule has 0 bridgehead atoms. The number of rotatable bonds is 3. The van der Waals surface area contributed by atoms with Crippen LogP contribution < -0.4 is 0 Å². The molecule has 0 N–H and O–H groups in total. The number of hydrogen-bond donors (Lipinski definition) is 0. The Morgan fingerprint density at radius 1 is 1.70 bits per heavy atom.